The van der Waals surface area contributed by atoms with E-state index < -0.39 is 10.8 Å². The normalized spacial score (nSPS) is 16.5. The van der Waals surface area contributed by atoms with Crippen molar-refractivity contribution in [2.75, 3.05) is 0 Å². The molecule has 1 atom stereocenters. The zero-order chi connectivity index (χ0) is 38.5. The van der Waals surface area contributed by atoms with Crippen LogP contribution in [0.25, 0.3) is 66.1 Å². The summed E-state index contributed by atoms with van der Waals surface area (Å²) in [5, 5.41) is 5.04. The molecule has 1 nitrogen and oxygen atoms in total. The van der Waals surface area contributed by atoms with Gasteiger partial charge in [0.25, 0.3) is 0 Å². The third kappa shape index (κ3) is 3.65. The fraction of sp³-hybridized carbons (Fsp3) is 0.0345. The Labute approximate surface area is 342 Å². The number of fused-ring (bicyclic) bond motifs is 20. The summed E-state index contributed by atoms with van der Waals surface area (Å²) >= 11 is 0. The maximum absolute atomic E-state index is 7.19. The maximum Gasteiger partial charge on any atom is 0.132 e. The summed E-state index contributed by atoms with van der Waals surface area (Å²) in [4.78, 5) is 0. The van der Waals surface area contributed by atoms with Crippen LogP contribution in [0.5, 0.6) is 11.5 Å². The zero-order valence-electron chi connectivity index (χ0n) is 32.0. The van der Waals surface area contributed by atoms with Gasteiger partial charge in [0.05, 0.1) is 10.8 Å². The van der Waals surface area contributed by atoms with Gasteiger partial charge >= 0.3 is 0 Å². The summed E-state index contributed by atoms with van der Waals surface area (Å²) in [6.07, 6.45) is 0. The van der Waals surface area contributed by atoms with Gasteiger partial charge in [-0.25, -0.2) is 0 Å². The van der Waals surface area contributed by atoms with Gasteiger partial charge in [-0.05, 0) is 112 Å². The molecule has 1 unspecified atom stereocenters. The minimum absolute atomic E-state index is 0.509. The molecule has 0 fully saturated rings. The highest BCUT2D eigenvalue weighted by molar-refractivity contribution is 6.09. The van der Waals surface area contributed by atoms with Crippen LogP contribution >= 0.6 is 0 Å². The molecular weight excluding hydrogens is 713 g/mol. The fourth-order valence-electron chi connectivity index (χ4n) is 12.2. The predicted octanol–water partition coefficient (Wildman–Crippen LogP) is 14.5. The monoisotopic (exact) mass is 746 g/mol. The van der Waals surface area contributed by atoms with Crippen LogP contribution in [0.1, 0.15) is 44.5 Å². The van der Waals surface area contributed by atoms with Crippen molar-refractivity contribution in [1.29, 1.82) is 0 Å². The molecule has 59 heavy (non-hydrogen) atoms. The first-order chi connectivity index (χ1) is 29.3. The van der Waals surface area contributed by atoms with Crippen molar-refractivity contribution in [1.82, 2.24) is 0 Å². The molecule has 272 valence electrons. The van der Waals surface area contributed by atoms with E-state index in [2.05, 4.69) is 206 Å². The van der Waals surface area contributed by atoms with E-state index in [1.165, 1.54) is 111 Å². The number of benzene rings is 10. The quantitative estimate of drug-likeness (QED) is 0.163. The molecule has 0 N–H and O–H groups in total. The van der Waals surface area contributed by atoms with Gasteiger partial charge in [0.1, 0.15) is 11.5 Å². The van der Waals surface area contributed by atoms with Crippen molar-refractivity contribution in [3.63, 3.8) is 0 Å². The highest BCUT2D eigenvalue weighted by Gasteiger charge is 2.55. The Hall–Kier alpha value is -7.48. The smallest absolute Gasteiger partial charge is 0.132 e. The summed E-state index contributed by atoms with van der Waals surface area (Å²) in [6, 6.07) is 77.3. The molecule has 3 aliphatic carbocycles. The topological polar surface area (TPSA) is 9.23 Å². The Bertz CT molecular complexity index is 3450. The first-order valence-corrected chi connectivity index (χ1v) is 20.7. The van der Waals surface area contributed by atoms with Gasteiger partial charge < -0.3 is 4.74 Å². The van der Waals surface area contributed by atoms with E-state index in [1.54, 1.807) is 0 Å². The Balaban J connectivity index is 1.15. The molecule has 0 aromatic heterocycles. The van der Waals surface area contributed by atoms with Crippen LogP contribution in [0.3, 0.4) is 0 Å². The van der Waals surface area contributed by atoms with E-state index in [0.29, 0.717) is 0 Å². The van der Waals surface area contributed by atoms with Gasteiger partial charge in [0.15, 0.2) is 0 Å². The molecule has 1 aliphatic heterocycles. The van der Waals surface area contributed by atoms with Crippen molar-refractivity contribution in [2.24, 2.45) is 0 Å². The molecule has 0 radical (unpaired) electrons. The number of hydrogen-bond acceptors (Lipinski definition) is 1. The van der Waals surface area contributed by atoms with Gasteiger partial charge in [0.2, 0.25) is 0 Å². The van der Waals surface area contributed by atoms with E-state index in [1.807, 2.05) is 0 Å². The second-order valence-electron chi connectivity index (χ2n) is 16.6. The van der Waals surface area contributed by atoms with Crippen molar-refractivity contribution >= 4 is 21.5 Å². The molecule has 1 heterocycles. The van der Waals surface area contributed by atoms with E-state index in [4.69, 9.17) is 4.74 Å². The lowest BCUT2D eigenvalue weighted by Crippen LogP contribution is -2.33. The second-order valence-corrected chi connectivity index (χ2v) is 16.6. The van der Waals surface area contributed by atoms with E-state index >= 15 is 0 Å². The van der Waals surface area contributed by atoms with E-state index in [-0.39, 0.29) is 0 Å². The molecule has 4 aliphatic rings. The van der Waals surface area contributed by atoms with E-state index in [9.17, 15) is 0 Å². The average Bonchev–Trinajstić information content (AvgIpc) is 3.76. The summed E-state index contributed by atoms with van der Waals surface area (Å²) in [7, 11) is 0. The van der Waals surface area contributed by atoms with Crippen LogP contribution in [0.2, 0.25) is 0 Å². The standard InChI is InChI=1S/C58H34O/c1-2-18-37-35(15-1)33-34-52-55(37)58(46-27-8-3-19-38(46)39-20-4-9-28-47(39)58)56-43(25-14-32-51(56)59-52)42-24-13-31-50-54(42)44-22-6-10-29-48(44)57(50)45-26-7-5-21-40(45)41-23-11-16-36-17-12-30-49(57)53(36)41/h1-34H. The number of hydrogen-bond donors (Lipinski definition) is 0. The zero-order valence-corrected chi connectivity index (χ0v) is 32.0. The minimum atomic E-state index is -0.645. The Morgan fingerprint density at radius 2 is 0.746 bits per heavy atom. The number of rotatable bonds is 1. The van der Waals surface area contributed by atoms with Gasteiger partial charge in [-0.3, -0.25) is 0 Å². The van der Waals surface area contributed by atoms with Crippen LogP contribution in [-0.4, -0.2) is 0 Å². The van der Waals surface area contributed by atoms with Crippen molar-refractivity contribution in [3.8, 4) is 56.0 Å². The molecule has 10 aromatic carbocycles. The largest absolute Gasteiger partial charge is 0.457 e. The van der Waals surface area contributed by atoms with Gasteiger partial charge in [-0.1, -0.05) is 194 Å². The summed E-state index contributed by atoms with van der Waals surface area (Å²) in [5.74, 6) is 1.81. The highest BCUT2D eigenvalue weighted by atomic mass is 16.5. The first-order valence-electron chi connectivity index (χ1n) is 20.7. The summed E-state index contributed by atoms with van der Waals surface area (Å²) in [5.41, 5.74) is 19.3. The molecule has 0 bridgehead atoms. The Morgan fingerprint density at radius 3 is 1.51 bits per heavy atom. The average molecular weight is 747 g/mol. The lowest BCUT2D eigenvalue weighted by atomic mass is 9.61. The molecular formula is C58H34O. The Kier molecular flexibility index (Phi) is 5.96. The molecule has 0 saturated carbocycles. The lowest BCUT2D eigenvalue weighted by molar-refractivity contribution is 0.439. The molecule has 1 heteroatoms. The van der Waals surface area contributed by atoms with Gasteiger partial charge in [-0.15, -0.1) is 0 Å². The molecule has 14 rings (SSSR count). The van der Waals surface area contributed by atoms with Gasteiger partial charge in [0, 0.05) is 11.1 Å². The minimum Gasteiger partial charge on any atom is -0.457 e. The summed E-state index contributed by atoms with van der Waals surface area (Å²) < 4.78 is 7.19. The van der Waals surface area contributed by atoms with Crippen LogP contribution < -0.4 is 4.74 Å². The van der Waals surface area contributed by atoms with Crippen molar-refractivity contribution < 1.29 is 4.74 Å². The van der Waals surface area contributed by atoms with Crippen molar-refractivity contribution in [2.45, 2.75) is 10.8 Å². The van der Waals surface area contributed by atoms with Gasteiger partial charge in [-0.2, -0.15) is 0 Å². The lowest BCUT2D eigenvalue weighted by Gasteiger charge is -2.42. The number of ether oxygens (including phenoxy) is 1. The molecule has 0 amide bonds. The maximum atomic E-state index is 7.19. The van der Waals surface area contributed by atoms with Crippen LogP contribution in [0, 0.1) is 0 Å². The summed E-state index contributed by atoms with van der Waals surface area (Å²) in [6.45, 7) is 0. The third-order valence-corrected chi connectivity index (χ3v) is 14.1. The van der Waals surface area contributed by atoms with E-state index in [0.717, 1.165) is 11.5 Å². The van der Waals surface area contributed by atoms with Crippen molar-refractivity contribution in [3.05, 3.63) is 251 Å². The second kappa shape index (κ2) is 11.1. The highest BCUT2D eigenvalue weighted by Crippen LogP contribution is 2.67. The van der Waals surface area contributed by atoms with Crippen LogP contribution in [0.4, 0.5) is 0 Å². The Morgan fingerprint density at radius 1 is 0.271 bits per heavy atom. The third-order valence-electron chi connectivity index (χ3n) is 14.1. The molecule has 10 aromatic rings. The van der Waals surface area contributed by atoms with Crippen LogP contribution in [0.15, 0.2) is 206 Å². The first kappa shape index (κ1) is 31.6. The fourth-order valence-corrected chi connectivity index (χ4v) is 12.2. The molecule has 2 spiro atoms. The van der Waals surface area contributed by atoms with Crippen LogP contribution in [-0.2, 0) is 10.8 Å². The molecule has 0 saturated heterocycles. The predicted molar refractivity (Wildman–Crippen MR) is 241 cm³/mol. The SMILES string of the molecule is c1ccc2c(c1)-c1ccccc1C21c2c(cccc2-c2cccc3c2-c2ccccc2C32c3ccccc3-c3cccc4cccc2c34)Oc2ccc3ccccc3c21.